The lowest BCUT2D eigenvalue weighted by Crippen LogP contribution is -2.38. The van der Waals surface area contributed by atoms with Gasteiger partial charge in [0.25, 0.3) is 0 Å². The number of allylic oxidation sites excluding steroid dienone is 4. The predicted octanol–water partition coefficient (Wildman–Crippen LogP) is 11.0. The maximum absolute atomic E-state index is 10.5. The minimum Gasteiger partial charge on any atom is -0.208 e. The smallest absolute Gasteiger partial charge is 0.164 e. The molecule has 1 spiro atoms. The van der Waals surface area contributed by atoms with Gasteiger partial charge < -0.3 is 0 Å². The van der Waals surface area contributed by atoms with Crippen molar-refractivity contribution in [1.29, 1.82) is 5.26 Å². The van der Waals surface area contributed by atoms with Gasteiger partial charge in [0.2, 0.25) is 0 Å². The van der Waals surface area contributed by atoms with Gasteiger partial charge in [0.05, 0.1) is 11.0 Å². The minimum atomic E-state index is -0.456. The van der Waals surface area contributed by atoms with Crippen LogP contribution >= 0.6 is 11.8 Å². The molecule has 1 aliphatic heterocycles. The minimum absolute atomic E-state index is 0.168. The zero-order chi connectivity index (χ0) is 34.6. The molecule has 0 saturated carbocycles. The standard InChI is InChI=1S/C47H30N4S/c48-29-34-20-12-26-40-42(34)52-43-35(23-13-27-41(43)47(40)38-24-9-7-21-36(38)37-22-8-10-25-39(37)47)32-18-11-19-33(28-32)46-50-44(30-14-3-1-4-15-30)49-45(51-46)31-16-5-2-6-17-31/h1-28,36,38H. The van der Waals surface area contributed by atoms with Crippen molar-refractivity contribution in [2.75, 3.05) is 0 Å². The van der Waals surface area contributed by atoms with Crippen LogP contribution in [0.5, 0.6) is 0 Å². The van der Waals surface area contributed by atoms with E-state index in [2.05, 4.69) is 109 Å². The Morgan fingerprint density at radius 2 is 1.08 bits per heavy atom. The monoisotopic (exact) mass is 682 g/mol. The van der Waals surface area contributed by atoms with Crippen LogP contribution in [-0.4, -0.2) is 15.0 Å². The summed E-state index contributed by atoms with van der Waals surface area (Å²) >= 11 is 1.73. The van der Waals surface area contributed by atoms with Gasteiger partial charge in [-0.3, -0.25) is 0 Å². The predicted molar refractivity (Wildman–Crippen MR) is 208 cm³/mol. The lowest BCUT2D eigenvalue weighted by Gasteiger charge is -2.44. The largest absolute Gasteiger partial charge is 0.208 e. The normalized spacial score (nSPS) is 19.0. The number of aromatic nitrogens is 3. The molecule has 5 heteroatoms. The number of nitriles is 1. The third kappa shape index (κ3) is 4.58. The van der Waals surface area contributed by atoms with E-state index in [1.807, 2.05) is 66.7 Å². The Labute approximate surface area is 306 Å². The third-order valence-corrected chi connectivity index (χ3v) is 12.0. The van der Waals surface area contributed by atoms with Crippen molar-refractivity contribution in [3.63, 3.8) is 0 Å². The summed E-state index contributed by atoms with van der Waals surface area (Å²) in [5.74, 6) is 2.29. The van der Waals surface area contributed by atoms with Crippen LogP contribution in [0.25, 0.3) is 45.3 Å². The average Bonchev–Trinajstić information content (AvgIpc) is 3.52. The van der Waals surface area contributed by atoms with E-state index in [4.69, 9.17) is 15.0 Å². The van der Waals surface area contributed by atoms with Gasteiger partial charge in [0, 0.05) is 38.3 Å². The fourth-order valence-electron chi connectivity index (χ4n) is 8.53. The van der Waals surface area contributed by atoms with E-state index < -0.39 is 5.41 Å². The molecule has 0 N–H and O–H groups in total. The Bertz CT molecular complexity index is 2580. The van der Waals surface area contributed by atoms with Gasteiger partial charge in [-0.15, -0.1) is 0 Å². The van der Waals surface area contributed by atoms with Crippen LogP contribution in [0.1, 0.15) is 33.7 Å². The molecule has 3 atom stereocenters. The summed E-state index contributed by atoms with van der Waals surface area (Å²) in [6, 6.07) is 53.1. The summed E-state index contributed by atoms with van der Waals surface area (Å²) in [6.07, 6.45) is 9.11. The molecule has 0 bridgehead atoms. The average molecular weight is 683 g/mol. The Hall–Kier alpha value is -6.35. The van der Waals surface area contributed by atoms with E-state index >= 15 is 0 Å². The molecular formula is C47H30N4S. The second-order valence-corrected chi connectivity index (χ2v) is 14.4. The lowest BCUT2D eigenvalue weighted by atomic mass is 9.62. The summed E-state index contributed by atoms with van der Waals surface area (Å²) in [5, 5.41) is 10.5. The van der Waals surface area contributed by atoms with E-state index in [0.29, 0.717) is 23.0 Å². The Morgan fingerprint density at radius 3 is 1.81 bits per heavy atom. The van der Waals surface area contributed by atoms with Gasteiger partial charge in [0.15, 0.2) is 17.5 Å². The van der Waals surface area contributed by atoms with Crippen molar-refractivity contribution in [2.45, 2.75) is 21.1 Å². The number of hydrogen-bond donors (Lipinski definition) is 0. The van der Waals surface area contributed by atoms with Crippen molar-refractivity contribution in [2.24, 2.45) is 5.92 Å². The van der Waals surface area contributed by atoms with Crippen LogP contribution in [0.3, 0.4) is 0 Å². The van der Waals surface area contributed by atoms with E-state index in [1.165, 1.54) is 27.1 Å². The molecule has 2 heterocycles. The molecule has 4 nitrogen and oxygen atoms in total. The first-order valence-corrected chi connectivity index (χ1v) is 18.3. The van der Waals surface area contributed by atoms with Crippen LogP contribution in [-0.2, 0) is 5.41 Å². The molecule has 0 fully saturated rings. The highest BCUT2D eigenvalue weighted by Gasteiger charge is 2.56. The molecule has 2 aliphatic carbocycles. The zero-order valence-corrected chi connectivity index (χ0v) is 28.8. The van der Waals surface area contributed by atoms with Crippen LogP contribution < -0.4 is 0 Å². The van der Waals surface area contributed by atoms with Gasteiger partial charge in [0.1, 0.15) is 6.07 Å². The number of fused-ring (bicyclic) bond motifs is 9. The van der Waals surface area contributed by atoms with Crippen molar-refractivity contribution < 1.29 is 0 Å². The number of hydrogen-bond acceptors (Lipinski definition) is 5. The molecule has 0 amide bonds. The first kappa shape index (κ1) is 30.5. The van der Waals surface area contributed by atoms with Gasteiger partial charge in [-0.1, -0.05) is 170 Å². The maximum Gasteiger partial charge on any atom is 0.164 e. The van der Waals surface area contributed by atoms with Crippen LogP contribution in [0.2, 0.25) is 0 Å². The lowest BCUT2D eigenvalue weighted by molar-refractivity contribution is 0.442. The summed E-state index contributed by atoms with van der Waals surface area (Å²) in [4.78, 5) is 17.2. The molecule has 6 aromatic carbocycles. The van der Waals surface area contributed by atoms with E-state index in [1.54, 1.807) is 11.8 Å². The molecule has 0 saturated heterocycles. The second-order valence-electron chi connectivity index (χ2n) is 13.4. The molecule has 10 rings (SSSR count). The highest BCUT2D eigenvalue weighted by atomic mass is 32.2. The molecule has 7 aromatic rings. The number of benzene rings is 6. The highest BCUT2D eigenvalue weighted by Crippen LogP contribution is 2.65. The van der Waals surface area contributed by atoms with E-state index in [-0.39, 0.29) is 11.8 Å². The quantitative estimate of drug-likeness (QED) is 0.185. The van der Waals surface area contributed by atoms with Crippen molar-refractivity contribution >= 4 is 11.8 Å². The first-order valence-electron chi connectivity index (χ1n) is 17.5. The van der Waals surface area contributed by atoms with Gasteiger partial charge in [-0.2, -0.15) is 5.26 Å². The number of nitrogens with zero attached hydrogens (tertiary/aromatic N) is 4. The Kier molecular flexibility index (Phi) is 7.12. The molecule has 3 aliphatic rings. The molecule has 244 valence electrons. The van der Waals surface area contributed by atoms with Crippen molar-refractivity contribution in [1.82, 2.24) is 15.0 Å². The fraction of sp³-hybridized carbons (Fsp3) is 0.0638. The van der Waals surface area contributed by atoms with Crippen LogP contribution in [0.4, 0.5) is 0 Å². The van der Waals surface area contributed by atoms with Crippen molar-refractivity contribution in [3.8, 4) is 51.4 Å². The molecule has 3 unspecified atom stereocenters. The molecular weight excluding hydrogens is 653 g/mol. The van der Waals surface area contributed by atoms with Crippen molar-refractivity contribution in [3.05, 3.63) is 198 Å². The SMILES string of the molecule is N#Cc1cccc2c1Sc1c(-c3cccc(-c4nc(-c5ccccc5)nc(-c5ccccc5)n4)c3)cccc1C21c2ccccc2C2C=CC=CC21. The first-order chi connectivity index (χ1) is 25.7. The highest BCUT2D eigenvalue weighted by molar-refractivity contribution is 7.99. The molecule has 52 heavy (non-hydrogen) atoms. The summed E-state index contributed by atoms with van der Waals surface area (Å²) in [5.41, 5.74) is 10.4. The zero-order valence-electron chi connectivity index (χ0n) is 28.0. The van der Waals surface area contributed by atoms with E-state index in [0.717, 1.165) is 32.7 Å². The van der Waals surface area contributed by atoms with Gasteiger partial charge in [-0.05, 0) is 45.5 Å². The summed E-state index contributed by atoms with van der Waals surface area (Å²) in [6.45, 7) is 0. The molecule has 1 aromatic heterocycles. The van der Waals surface area contributed by atoms with Gasteiger partial charge >= 0.3 is 0 Å². The Morgan fingerprint density at radius 1 is 0.519 bits per heavy atom. The maximum atomic E-state index is 10.5. The van der Waals surface area contributed by atoms with E-state index in [9.17, 15) is 5.26 Å². The fourth-order valence-corrected chi connectivity index (χ4v) is 9.94. The third-order valence-electron chi connectivity index (χ3n) is 10.7. The summed E-state index contributed by atoms with van der Waals surface area (Å²) < 4.78 is 0. The van der Waals surface area contributed by atoms with Crippen LogP contribution in [0.15, 0.2) is 180 Å². The van der Waals surface area contributed by atoms with Gasteiger partial charge in [-0.25, -0.2) is 15.0 Å². The number of rotatable bonds is 4. The second kappa shape index (κ2) is 12.2. The molecule has 0 radical (unpaired) electrons. The van der Waals surface area contributed by atoms with Crippen LogP contribution in [0, 0.1) is 17.2 Å². The summed E-state index contributed by atoms with van der Waals surface area (Å²) in [7, 11) is 0. The topological polar surface area (TPSA) is 62.5 Å². The Balaban J connectivity index is 1.18.